The molecule has 230 valence electrons. The molecule has 1 aromatic carbocycles. The van der Waals surface area contributed by atoms with Gasteiger partial charge in [0.05, 0.1) is 24.3 Å². The molecule has 3 fully saturated rings. The van der Waals surface area contributed by atoms with Crippen LogP contribution in [0, 0.1) is 0 Å². The van der Waals surface area contributed by atoms with Crippen molar-refractivity contribution >= 4 is 17.7 Å². The van der Waals surface area contributed by atoms with Crippen LogP contribution in [0.2, 0.25) is 0 Å². The molecule has 1 amide bonds. The lowest BCUT2D eigenvalue weighted by atomic mass is 9.93. The quantitative estimate of drug-likeness (QED) is 0.403. The number of fused-ring (bicyclic) bond motifs is 2. The van der Waals surface area contributed by atoms with Crippen molar-refractivity contribution < 1.29 is 37.0 Å². The zero-order valence-electron chi connectivity index (χ0n) is 25.3. The number of rotatable bonds is 6. The van der Waals surface area contributed by atoms with Gasteiger partial charge in [0.2, 0.25) is 0 Å². The highest BCUT2D eigenvalue weighted by molar-refractivity contribution is 5.72. The van der Waals surface area contributed by atoms with Gasteiger partial charge in [-0.1, -0.05) is 6.07 Å². The summed E-state index contributed by atoms with van der Waals surface area (Å²) in [5.41, 5.74) is -1.14. The van der Waals surface area contributed by atoms with Gasteiger partial charge in [0.25, 0.3) is 0 Å². The van der Waals surface area contributed by atoms with E-state index in [1.165, 1.54) is 12.1 Å². The summed E-state index contributed by atoms with van der Waals surface area (Å²) in [4.78, 5) is 30.6. The second kappa shape index (κ2) is 11.3. The highest BCUT2D eigenvalue weighted by Crippen LogP contribution is 2.40. The fraction of sp³-hybridized carbons (Fsp3) is 0.733. The summed E-state index contributed by atoms with van der Waals surface area (Å²) in [6.07, 6.45) is -2.85. The highest BCUT2D eigenvalue weighted by Gasteiger charge is 2.45. The molecule has 3 aliphatic heterocycles. The number of carbonyl (C=O) groups excluding carboxylic acids is 2. The summed E-state index contributed by atoms with van der Waals surface area (Å²) in [5, 5.41) is 0. The Bertz CT molecular complexity index is 1120. The maximum atomic E-state index is 13.7. The molecule has 2 bridgehead atoms. The Labute approximate surface area is 241 Å². The number of hydrogen-bond donors (Lipinski definition) is 0. The molecule has 0 N–H and O–H groups in total. The molecule has 3 heterocycles. The molecule has 0 saturated carbocycles. The van der Waals surface area contributed by atoms with E-state index in [2.05, 4.69) is 4.90 Å². The van der Waals surface area contributed by atoms with Gasteiger partial charge in [-0.25, -0.2) is 4.79 Å². The second-order valence-electron chi connectivity index (χ2n) is 13.8. The molecule has 11 heteroatoms. The summed E-state index contributed by atoms with van der Waals surface area (Å²) < 4.78 is 58.4. The average molecular weight is 584 g/mol. The number of benzene rings is 1. The lowest BCUT2D eigenvalue weighted by molar-refractivity contribution is -0.156. The molecule has 2 atom stereocenters. The monoisotopic (exact) mass is 583 g/mol. The first kappa shape index (κ1) is 31.4. The first-order chi connectivity index (χ1) is 18.8. The molecule has 41 heavy (non-hydrogen) atoms. The van der Waals surface area contributed by atoms with Crippen LogP contribution in [0.25, 0.3) is 0 Å². The molecular weight excluding hydrogens is 539 g/mol. The van der Waals surface area contributed by atoms with Crippen LogP contribution in [0.4, 0.5) is 23.7 Å². The van der Waals surface area contributed by atoms with E-state index < -0.39 is 28.5 Å². The van der Waals surface area contributed by atoms with Gasteiger partial charge in [-0.05, 0) is 79.9 Å². The SMILES string of the molecule is CC(C)(C)OC(=O)CN1CC2CC1CN2c1cc(C(F)(F)F)ccc1COC1(C)CCN(C(=O)OC(C)(C)C)CC1. The normalized spacial score (nSPS) is 23.2. The molecule has 3 aliphatic rings. The molecule has 4 rings (SSSR count). The van der Waals surface area contributed by atoms with E-state index in [4.69, 9.17) is 14.2 Å². The number of ether oxygens (including phenoxy) is 3. The fourth-order valence-corrected chi connectivity index (χ4v) is 5.79. The molecule has 0 aromatic heterocycles. The molecule has 0 aliphatic carbocycles. The van der Waals surface area contributed by atoms with Crippen molar-refractivity contribution in [1.82, 2.24) is 9.80 Å². The number of alkyl halides is 3. The van der Waals surface area contributed by atoms with Crippen LogP contribution in [0.5, 0.6) is 0 Å². The maximum absolute atomic E-state index is 13.7. The number of piperidine rings is 1. The van der Waals surface area contributed by atoms with Gasteiger partial charge < -0.3 is 24.0 Å². The minimum Gasteiger partial charge on any atom is -0.459 e. The zero-order valence-corrected chi connectivity index (χ0v) is 25.3. The van der Waals surface area contributed by atoms with Crippen LogP contribution in [-0.2, 0) is 31.8 Å². The Morgan fingerprint density at radius 2 is 1.59 bits per heavy atom. The number of piperazine rings is 1. The van der Waals surface area contributed by atoms with Crippen LogP contribution in [0.1, 0.15) is 78.9 Å². The molecule has 2 unspecified atom stereocenters. The van der Waals surface area contributed by atoms with Crippen molar-refractivity contribution in [3.63, 3.8) is 0 Å². The third-order valence-corrected chi connectivity index (χ3v) is 7.88. The summed E-state index contributed by atoms with van der Waals surface area (Å²) in [6, 6.07) is 3.91. The van der Waals surface area contributed by atoms with Crippen molar-refractivity contribution in [3.8, 4) is 0 Å². The van der Waals surface area contributed by atoms with Crippen LogP contribution < -0.4 is 4.90 Å². The third kappa shape index (κ3) is 8.06. The van der Waals surface area contributed by atoms with E-state index in [1.807, 2.05) is 53.4 Å². The number of amides is 1. The fourth-order valence-electron chi connectivity index (χ4n) is 5.79. The predicted molar refractivity (Wildman–Crippen MR) is 149 cm³/mol. The standard InChI is InChI=1S/C30H44F3N3O5/c1-27(2,3)40-25(37)18-35-16-23-15-22(35)17-36(23)24-14-21(30(31,32)33)9-8-20(24)19-39-29(7)10-12-34(13-11-29)26(38)41-28(4,5)6/h8-9,14,22-23H,10-13,15-19H2,1-7H3. The van der Waals surface area contributed by atoms with E-state index in [1.54, 1.807) is 4.90 Å². The summed E-state index contributed by atoms with van der Waals surface area (Å²) in [5.74, 6) is -0.296. The van der Waals surface area contributed by atoms with Crippen molar-refractivity contribution in [1.29, 1.82) is 0 Å². The number of carbonyl (C=O) groups is 2. The van der Waals surface area contributed by atoms with Gasteiger partial charge in [0.15, 0.2) is 0 Å². The van der Waals surface area contributed by atoms with Gasteiger partial charge >= 0.3 is 18.2 Å². The lowest BCUT2D eigenvalue weighted by Crippen LogP contribution is -2.49. The van der Waals surface area contributed by atoms with Gasteiger partial charge in [0, 0.05) is 49.5 Å². The molecule has 1 aromatic rings. The van der Waals surface area contributed by atoms with E-state index >= 15 is 0 Å². The van der Waals surface area contributed by atoms with Crippen LogP contribution in [-0.4, -0.2) is 83.5 Å². The smallest absolute Gasteiger partial charge is 0.416 e. The van der Waals surface area contributed by atoms with Crippen molar-refractivity contribution in [2.24, 2.45) is 0 Å². The topological polar surface area (TPSA) is 71.6 Å². The third-order valence-electron chi connectivity index (χ3n) is 7.88. The summed E-state index contributed by atoms with van der Waals surface area (Å²) in [6.45, 7) is 15.3. The lowest BCUT2D eigenvalue weighted by Gasteiger charge is -2.40. The first-order valence-corrected chi connectivity index (χ1v) is 14.4. The number of likely N-dealkylation sites (tertiary alicyclic amines) is 2. The number of nitrogens with zero attached hydrogens (tertiary/aromatic N) is 3. The molecule has 0 spiro atoms. The van der Waals surface area contributed by atoms with Crippen LogP contribution in [0.3, 0.4) is 0 Å². The Morgan fingerprint density at radius 1 is 0.951 bits per heavy atom. The van der Waals surface area contributed by atoms with Gasteiger partial charge in [0.1, 0.15) is 11.2 Å². The predicted octanol–water partition coefficient (Wildman–Crippen LogP) is 5.62. The minimum atomic E-state index is -4.46. The summed E-state index contributed by atoms with van der Waals surface area (Å²) in [7, 11) is 0. The van der Waals surface area contributed by atoms with Gasteiger partial charge in [-0.2, -0.15) is 13.2 Å². The van der Waals surface area contributed by atoms with Gasteiger partial charge in [-0.3, -0.25) is 9.69 Å². The van der Waals surface area contributed by atoms with E-state index in [0.717, 1.165) is 12.5 Å². The number of esters is 1. The average Bonchev–Trinajstić information content (AvgIpc) is 3.40. The maximum Gasteiger partial charge on any atom is 0.416 e. The largest absolute Gasteiger partial charge is 0.459 e. The van der Waals surface area contributed by atoms with E-state index in [9.17, 15) is 22.8 Å². The second-order valence-corrected chi connectivity index (χ2v) is 13.8. The van der Waals surface area contributed by atoms with Crippen molar-refractivity contribution in [2.45, 2.75) is 109 Å². The van der Waals surface area contributed by atoms with Crippen LogP contribution in [0.15, 0.2) is 18.2 Å². The Kier molecular flexibility index (Phi) is 8.64. The Morgan fingerprint density at radius 3 is 2.12 bits per heavy atom. The number of halogens is 3. The molecular formula is C30H44F3N3O5. The van der Waals surface area contributed by atoms with Gasteiger partial charge in [-0.15, -0.1) is 0 Å². The minimum absolute atomic E-state index is 0.00248. The summed E-state index contributed by atoms with van der Waals surface area (Å²) >= 11 is 0. The number of anilines is 1. The Hall–Kier alpha value is -2.53. The Balaban J connectivity index is 1.42. The molecule has 0 radical (unpaired) electrons. The number of hydrogen-bond acceptors (Lipinski definition) is 7. The van der Waals surface area contributed by atoms with E-state index in [0.29, 0.717) is 50.3 Å². The van der Waals surface area contributed by atoms with Crippen LogP contribution >= 0.6 is 0 Å². The molecule has 8 nitrogen and oxygen atoms in total. The van der Waals surface area contributed by atoms with Crippen molar-refractivity contribution in [2.75, 3.05) is 37.6 Å². The highest BCUT2D eigenvalue weighted by atomic mass is 19.4. The molecule has 3 saturated heterocycles. The first-order valence-electron chi connectivity index (χ1n) is 14.4. The van der Waals surface area contributed by atoms with Crippen molar-refractivity contribution in [3.05, 3.63) is 29.3 Å². The van der Waals surface area contributed by atoms with E-state index in [-0.39, 0.29) is 37.3 Å². The zero-order chi connectivity index (χ0) is 30.4.